The maximum atomic E-state index is 10.4. The monoisotopic (exact) mass is 189 g/mol. The van der Waals surface area contributed by atoms with Gasteiger partial charge in [0.1, 0.15) is 0 Å². The van der Waals surface area contributed by atoms with Crippen molar-refractivity contribution in [1.29, 1.82) is 0 Å². The summed E-state index contributed by atoms with van der Waals surface area (Å²) in [6, 6.07) is 9.77. The molecule has 0 radical (unpaired) electrons. The van der Waals surface area contributed by atoms with Crippen LogP contribution >= 0.6 is 0 Å². The molecular weight excluding hydrogens is 174 g/mol. The molecule has 0 spiro atoms. The fourth-order valence-corrected chi connectivity index (χ4v) is 1.35. The molecule has 1 aromatic carbocycles. The van der Waals surface area contributed by atoms with Gasteiger partial charge >= 0.3 is 0 Å². The van der Waals surface area contributed by atoms with Gasteiger partial charge in [-0.15, -0.1) is 0 Å². The van der Waals surface area contributed by atoms with Crippen LogP contribution in [0, 0.1) is 5.41 Å². The lowest BCUT2D eigenvalue weighted by Gasteiger charge is -2.20. The van der Waals surface area contributed by atoms with Gasteiger partial charge < -0.3 is 0 Å². The normalized spacial score (nSPS) is 12.6. The molecule has 14 heavy (non-hydrogen) atoms. The summed E-state index contributed by atoms with van der Waals surface area (Å²) in [4.78, 5) is 14.3. The van der Waals surface area contributed by atoms with E-state index in [0.717, 1.165) is 11.3 Å². The molecule has 2 nitrogen and oxygen atoms in total. The molecule has 1 rings (SSSR count). The third-order valence-electron chi connectivity index (χ3n) is 1.94. The van der Waals surface area contributed by atoms with E-state index in [2.05, 4.69) is 4.99 Å². The second-order valence-corrected chi connectivity index (χ2v) is 4.20. The summed E-state index contributed by atoms with van der Waals surface area (Å²) in [5.74, 6) is 0. The summed E-state index contributed by atoms with van der Waals surface area (Å²) >= 11 is 0. The van der Waals surface area contributed by atoms with Crippen LogP contribution in [0.1, 0.15) is 26.3 Å². The maximum absolute atomic E-state index is 10.4. The van der Waals surface area contributed by atoms with E-state index in [1.165, 1.54) is 0 Å². The second-order valence-electron chi connectivity index (χ2n) is 4.20. The fourth-order valence-electron chi connectivity index (χ4n) is 1.35. The van der Waals surface area contributed by atoms with Crippen LogP contribution in [0.3, 0.4) is 0 Å². The minimum atomic E-state index is -0.109. The lowest BCUT2D eigenvalue weighted by Crippen LogP contribution is -2.21. The van der Waals surface area contributed by atoms with Gasteiger partial charge in [0.15, 0.2) is 0 Å². The molecule has 0 aliphatic carbocycles. The van der Waals surface area contributed by atoms with Gasteiger partial charge in [-0.3, -0.25) is 4.79 Å². The molecule has 0 aromatic heterocycles. The summed E-state index contributed by atoms with van der Waals surface area (Å²) in [7, 11) is 0. The van der Waals surface area contributed by atoms with Gasteiger partial charge in [-0.1, -0.05) is 51.1 Å². The Morgan fingerprint density at radius 3 is 2.21 bits per heavy atom. The minimum Gasteiger partial charge on any atom is -0.276 e. The first-order chi connectivity index (χ1) is 6.55. The Morgan fingerprint density at radius 2 is 1.79 bits per heavy atom. The Morgan fingerprint density at radius 1 is 1.21 bits per heavy atom. The van der Waals surface area contributed by atoms with Gasteiger partial charge in [0, 0.05) is 5.41 Å². The summed E-state index contributed by atoms with van der Waals surface area (Å²) < 4.78 is 0. The predicted octanol–water partition coefficient (Wildman–Crippen LogP) is 2.68. The zero-order chi connectivity index (χ0) is 10.6. The molecule has 2 heteroatoms. The van der Waals surface area contributed by atoms with Gasteiger partial charge in [0.2, 0.25) is 6.41 Å². The highest BCUT2D eigenvalue weighted by Gasteiger charge is 2.20. The number of carbonyl (C=O) groups excluding carboxylic acids is 1. The van der Waals surface area contributed by atoms with Crippen molar-refractivity contribution < 1.29 is 4.79 Å². The molecular formula is C12H15NO. The van der Waals surface area contributed by atoms with E-state index in [1.807, 2.05) is 51.1 Å². The van der Waals surface area contributed by atoms with Gasteiger partial charge in [-0.25, -0.2) is 4.99 Å². The van der Waals surface area contributed by atoms with Crippen LogP contribution in [0.2, 0.25) is 0 Å². The lowest BCUT2D eigenvalue weighted by molar-refractivity contribution is -0.106. The van der Waals surface area contributed by atoms with Crippen LogP contribution in [-0.4, -0.2) is 12.1 Å². The zero-order valence-electron chi connectivity index (χ0n) is 8.82. The van der Waals surface area contributed by atoms with Crippen molar-refractivity contribution >= 4 is 12.1 Å². The zero-order valence-corrected chi connectivity index (χ0v) is 8.82. The van der Waals surface area contributed by atoms with Gasteiger partial charge in [-0.2, -0.15) is 0 Å². The standard InChI is InChI=1S/C12H15NO/c1-12(2,3)11(13-9-14)10-7-5-4-6-8-10/h4-9H,1-3H3. The highest BCUT2D eigenvalue weighted by atomic mass is 16.1. The van der Waals surface area contributed by atoms with E-state index in [-0.39, 0.29) is 5.41 Å². The fraction of sp³-hybridized carbons (Fsp3) is 0.333. The molecule has 0 heterocycles. The Hall–Kier alpha value is -1.44. The summed E-state index contributed by atoms with van der Waals surface area (Å²) in [5.41, 5.74) is 1.72. The largest absolute Gasteiger partial charge is 0.276 e. The topological polar surface area (TPSA) is 29.4 Å². The Balaban J connectivity index is 3.15. The van der Waals surface area contributed by atoms with E-state index in [1.54, 1.807) is 0 Å². The van der Waals surface area contributed by atoms with Gasteiger partial charge in [0.25, 0.3) is 0 Å². The average molecular weight is 189 g/mol. The van der Waals surface area contributed by atoms with E-state index in [9.17, 15) is 4.79 Å². The van der Waals surface area contributed by atoms with Crippen LogP contribution < -0.4 is 0 Å². The predicted molar refractivity (Wildman–Crippen MR) is 58.5 cm³/mol. The van der Waals surface area contributed by atoms with Crippen LogP contribution in [0.25, 0.3) is 0 Å². The molecule has 1 amide bonds. The summed E-state index contributed by atoms with van der Waals surface area (Å²) in [6.07, 6.45) is 0.605. The van der Waals surface area contributed by atoms with Gasteiger partial charge in [0.05, 0.1) is 5.71 Å². The number of amides is 1. The van der Waals surface area contributed by atoms with Crippen LogP contribution in [0.15, 0.2) is 35.3 Å². The van der Waals surface area contributed by atoms with Crippen molar-refractivity contribution in [2.45, 2.75) is 20.8 Å². The third-order valence-corrected chi connectivity index (χ3v) is 1.94. The molecule has 0 saturated carbocycles. The van der Waals surface area contributed by atoms with Crippen molar-refractivity contribution in [3.05, 3.63) is 35.9 Å². The molecule has 0 aliphatic heterocycles. The number of rotatable bonds is 2. The summed E-state index contributed by atoms with van der Waals surface area (Å²) in [5, 5.41) is 0. The van der Waals surface area contributed by atoms with Crippen molar-refractivity contribution in [2.24, 2.45) is 10.4 Å². The average Bonchev–Trinajstić information content (AvgIpc) is 2.14. The van der Waals surface area contributed by atoms with Crippen molar-refractivity contribution in [1.82, 2.24) is 0 Å². The maximum Gasteiger partial charge on any atom is 0.233 e. The number of benzene rings is 1. The lowest BCUT2D eigenvalue weighted by atomic mass is 9.85. The molecule has 74 valence electrons. The number of aliphatic imine (C=N–C) groups is 1. The smallest absolute Gasteiger partial charge is 0.233 e. The highest BCUT2D eigenvalue weighted by molar-refractivity contribution is 6.06. The van der Waals surface area contributed by atoms with E-state index >= 15 is 0 Å². The SMILES string of the molecule is CC(C)(C)C(=NC=O)c1ccccc1. The van der Waals surface area contributed by atoms with E-state index in [0.29, 0.717) is 6.41 Å². The molecule has 0 aliphatic rings. The first kappa shape index (κ1) is 10.6. The van der Waals surface area contributed by atoms with Crippen molar-refractivity contribution in [3.63, 3.8) is 0 Å². The molecule has 0 saturated heterocycles. The molecule has 0 fully saturated rings. The molecule has 1 aromatic rings. The number of nitrogens with zero attached hydrogens (tertiary/aromatic N) is 1. The molecule has 0 N–H and O–H groups in total. The van der Waals surface area contributed by atoms with Crippen LogP contribution in [0.4, 0.5) is 0 Å². The Kier molecular flexibility index (Phi) is 3.18. The molecule has 0 atom stereocenters. The number of hydrogen-bond donors (Lipinski definition) is 0. The van der Waals surface area contributed by atoms with Crippen molar-refractivity contribution in [2.75, 3.05) is 0 Å². The first-order valence-corrected chi connectivity index (χ1v) is 4.63. The quantitative estimate of drug-likeness (QED) is 0.519. The van der Waals surface area contributed by atoms with Crippen LogP contribution in [0.5, 0.6) is 0 Å². The number of carbonyl (C=O) groups is 1. The second kappa shape index (κ2) is 4.18. The Bertz CT molecular complexity index is 333. The molecule has 0 unspecified atom stereocenters. The first-order valence-electron chi connectivity index (χ1n) is 4.63. The van der Waals surface area contributed by atoms with Crippen molar-refractivity contribution in [3.8, 4) is 0 Å². The highest BCUT2D eigenvalue weighted by Crippen LogP contribution is 2.21. The minimum absolute atomic E-state index is 0.109. The summed E-state index contributed by atoms with van der Waals surface area (Å²) in [6.45, 7) is 6.13. The van der Waals surface area contributed by atoms with Crippen LogP contribution in [-0.2, 0) is 4.79 Å². The molecule has 0 bridgehead atoms. The van der Waals surface area contributed by atoms with Gasteiger partial charge in [-0.05, 0) is 5.56 Å². The Labute approximate surface area is 84.7 Å². The van der Waals surface area contributed by atoms with E-state index < -0.39 is 0 Å². The van der Waals surface area contributed by atoms with E-state index in [4.69, 9.17) is 0 Å². The third kappa shape index (κ3) is 2.52. The number of hydrogen-bond acceptors (Lipinski definition) is 1.